The number of nitrogens with one attached hydrogen (secondary N) is 1. The quantitative estimate of drug-likeness (QED) is 0.714. The summed E-state index contributed by atoms with van der Waals surface area (Å²) in [4.78, 5) is 29.7. The van der Waals surface area contributed by atoms with E-state index in [0.717, 1.165) is 10.9 Å². The molecule has 3 aromatic rings. The lowest BCUT2D eigenvalue weighted by Crippen LogP contribution is -2.51. The first kappa shape index (κ1) is 19.4. The number of H-pyrrole nitrogens is 1. The summed E-state index contributed by atoms with van der Waals surface area (Å²) in [6.45, 7) is 2.74. The van der Waals surface area contributed by atoms with Crippen LogP contribution in [0.3, 0.4) is 0 Å². The molecule has 1 saturated heterocycles. The molecule has 1 aliphatic rings. The molecule has 0 atom stereocenters. The molecule has 0 bridgehead atoms. The second kappa shape index (κ2) is 7.46. The monoisotopic (exact) mass is 411 g/mol. The molecule has 0 unspecified atom stereocenters. The van der Waals surface area contributed by atoms with Crippen molar-refractivity contribution in [2.45, 2.75) is 11.8 Å². The molecule has 1 aromatic heterocycles. The Morgan fingerprint density at radius 2 is 1.62 bits per heavy atom. The van der Waals surface area contributed by atoms with E-state index < -0.39 is 15.6 Å². The number of para-hydroxylation sites is 1. The molecule has 0 radical (unpaired) electrons. The molecule has 0 aliphatic carbocycles. The molecule has 0 saturated carbocycles. The molecule has 0 spiro atoms. The predicted molar refractivity (Wildman–Crippen MR) is 110 cm³/mol. The van der Waals surface area contributed by atoms with Gasteiger partial charge in [0.25, 0.3) is 11.5 Å². The molecule has 2 heterocycles. The Labute approximate surface area is 168 Å². The summed E-state index contributed by atoms with van der Waals surface area (Å²) in [6, 6.07) is 15.6. The van der Waals surface area contributed by atoms with Gasteiger partial charge in [-0.05, 0) is 36.6 Å². The summed E-state index contributed by atoms with van der Waals surface area (Å²) in [5, 5.41) is 0.774. The number of amides is 1. The minimum atomic E-state index is -3.60. The molecule has 1 N–H and O–H groups in total. The Bertz CT molecular complexity index is 1220. The highest BCUT2D eigenvalue weighted by Gasteiger charge is 2.31. The van der Waals surface area contributed by atoms with Gasteiger partial charge in [0.05, 0.1) is 4.90 Å². The highest BCUT2D eigenvalue weighted by atomic mass is 32.2. The highest BCUT2D eigenvalue weighted by Crippen LogP contribution is 2.19. The third-order valence-electron chi connectivity index (χ3n) is 5.17. The van der Waals surface area contributed by atoms with Gasteiger partial charge in [0.2, 0.25) is 10.0 Å². The first-order valence-electron chi connectivity index (χ1n) is 9.34. The molecule has 150 valence electrons. The zero-order valence-corrected chi connectivity index (χ0v) is 16.8. The standard InChI is InChI=1S/C21H21N3O4S/c1-15-6-8-17(9-7-15)29(27,28)24-12-10-23(11-13-24)21(26)18-14-16-4-2-3-5-19(16)22-20(18)25/h2-9,14H,10-13H2,1H3,(H,22,25). The van der Waals surface area contributed by atoms with E-state index >= 15 is 0 Å². The van der Waals surface area contributed by atoms with Gasteiger partial charge < -0.3 is 9.88 Å². The van der Waals surface area contributed by atoms with E-state index in [1.165, 1.54) is 9.21 Å². The van der Waals surface area contributed by atoms with Crippen molar-refractivity contribution in [2.75, 3.05) is 26.2 Å². The van der Waals surface area contributed by atoms with Crippen LogP contribution < -0.4 is 5.56 Å². The summed E-state index contributed by atoms with van der Waals surface area (Å²) < 4.78 is 27.0. The Morgan fingerprint density at radius 1 is 0.966 bits per heavy atom. The van der Waals surface area contributed by atoms with Crippen LogP contribution in [0.25, 0.3) is 10.9 Å². The van der Waals surface area contributed by atoms with E-state index in [9.17, 15) is 18.0 Å². The third-order valence-corrected chi connectivity index (χ3v) is 7.08. The molecule has 1 aliphatic heterocycles. The molecular weight excluding hydrogens is 390 g/mol. The van der Waals surface area contributed by atoms with Crippen LogP contribution in [-0.2, 0) is 10.0 Å². The van der Waals surface area contributed by atoms with Gasteiger partial charge in [-0.2, -0.15) is 4.31 Å². The van der Waals surface area contributed by atoms with Crippen molar-refractivity contribution >= 4 is 26.8 Å². The van der Waals surface area contributed by atoms with Crippen molar-refractivity contribution in [2.24, 2.45) is 0 Å². The molecular formula is C21H21N3O4S. The van der Waals surface area contributed by atoms with Crippen molar-refractivity contribution in [3.8, 4) is 0 Å². The molecule has 1 fully saturated rings. The number of aromatic nitrogens is 1. The van der Waals surface area contributed by atoms with Crippen molar-refractivity contribution < 1.29 is 13.2 Å². The maximum atomic E-state index is 12.9. The fourth-order valence-electron chi connectivity index (χ4n) is 3.47. The van der Waals surface area contributed by atoms with Crippen LogP contribution in [0.15, 0.2) is 64.3 Å². The number of pyridine rings is 1. The van der Waals surface area contributed by atoms with Crippen molar-refractivity contribution in [3.05, 3.63) is 76.1 Å². The highest BCUT2D eigenvalue weighted by molar-refractivity contribution is 7.89. The first-order valence-corrected chi connectivity index (χ1v) is 10.8. The Balaban J connectivity index is 1.51. The van der Waals surface area contributed by atoms with Crippen LogP contribution in [-0.4, -0.2) is 54.7 Å². The lowest BCUT2D eigenvalue weighted by Gasteiger charge is -2.34. The van der Waals surface area contributed by atoms with Crippen LogP contribution in [0.5, 0.6) is 0 Å². The zero-order valence-electron chi connectivity index (χ0n) is 16.0. The summed E-state index contributed by atoms with van der Waals surface area (Å²) in [7, 11) is -3.60. The number of carbonyl (C=O) groups is 1. The van der Waals surface area contributed by atoms with E-state index in [4.69, 9.17) is 0 Å². The Kier molecular flexibility index (Phi) is 4.97. The second-order valence-corrected chi connectivity index (χ2v) is 9.05. The van der Waals surface area contributed by atoms with E-state index in [1.807, 2.05) is 25.1 Å². The van der Waals surface area contributed by atoms with Crippen LogP contribution >= 0.6 is 0 Å². The molecule has 4 rings (SSSR count). The number of carbonyl (C=O) groups excluding carboxylic acids is 1. The zero-order chi connectivity index (χ0) is 20.6. The van der Waals surface area contributed by atoms with Gasteiger partial charge >= 0.3 is 0 Å². The summed E-state index contributed by atoms with van der Waals surface area (Å²) in [6.07, 6.45) is 0. The number of hydrogen-bond acceptors (Lipinski definition) is 4. The predicted octanol–water partition coefficient (Wildman–Crippen LogP) is 1.98. The van der Waals surface area contributed by atoms with Gasteiger partial charge in [-0.25, -0.2) is 8.42 Å². The maximum absolute atomic E-state index is 12.9. The SMILES string of the molecule is Cc1ccc(S(=O)(=O)N2CCN(C(=O)c3cc4ccccc4[nH]c3=O)CC2)cc1. The van der Waals surface area contributed by atoms with Crippen LogP contribution in [0.4, 0.5) is 0 Å². The summed E-state index contributed by atoms with van der Waals surface area (Å²) >= 11 is 0. The van der Waals surface area contributed by atoms with E-state index in [0.29, 0.717) is 5.52 Å². The third kappa shape index (κ3) is 3.68. The molecule has 8 heteroatoms. The summed E-state index contributed by atoms with van der Waals surface area (Å²) in [5.74, 6) is -0.385. The molecule has 2 aromatic carbocycles. The maximum Gasteiger partial charge on any atom is 0.261 e. The second-order valence-electron chi connectivity index (χ2n) is 7.11. The number of rotatable bonds is 3. The van der Waals surface area contributed by atoms with Gasteiger partial charge in [-0.3, -0.25) is 9.59 Å². The fourth-order valence-corrected chi connectivity index (χ4v) is 4.89. The first-order chi connectivity index (χ1) is 13.9. The van der Waals surface area contributed by atoms with Gasteiger partial charge in [0.15, 0.2) is 0 Å². The van der Waals surface area contributed by atoms with E-state index in [-0.39, 0.29) is 42.5 Å². The van der Waals surface area contributed by atoms with Gasteiger partial charge in [0, 0.05) is 31.7 Å². The topological polar surface area (TPSA) is 90.6 Å². The minimum Gasteiger partial charge on any atom is -0.336 e. The minimum absolute atomic E-state index is 0.0681. The van der Waals surface area contributed by atoms with Crippen LogP contribution in [0, 0.1) is 6.92 Å². The van der Waals surface area contributed by atoms with Gasteiger partial charge in [-0.1, -0.05) is 35.9 Å². The molecule has 1 amide bonds. The smallest absolute Gasteiger partial charge is 0.261 e. The van der Waals surface area contributed by atoms with Crippen molar-refractivity contribution in [1.29, 1.82) is 0 Å². The molecule has 29 heavy (non-hydrogen) atoms. The van der Waals surface area contributed by atoms with Crippen molar-refractivity contribution in [1.82, 2.24) is 14.2 Å². The number of fused-ring (bicyclic) bond motifs is 1. The average molecular weight is 411 g/mol. The number of benzene rings is 2. The number of sulfonamides is 1. The van der Waals surface area contributed by atoms with Gasteiger partial charge in [0.1, 0.15) is 5.56 Å². The Hall–Kier alpha value is -2.97. The number of nitrogens with zero attached hydrogens (tertiary/aromatic N) is 2. The number of aromatic amines is 1. The average Bonchev–Trinajstić information content (AvgIpc) is 2.73. The van der Waals surface area contributed by atoms with Crippen molar-refractivity contribution in [3.63, 3.8) is 0 Å². The number of hydrogen-bond donors (Lipinski definition) is 1. The van der Waals surface area contributed by atoms with Crippen LogP contribution in [0.2, 0.25) is 0 Å². The van der Waals surface area contributed by atoms with E-state index in [1.54, 1.807) is 36.4 Å². The molecule has 7 nitrogen and oxygen atoms in total. The normalized spacial score (nSPS) is 15.6. The Morgan fingerprint density at radius 3 is 2.31 bits per heavy atom. The largest absolute Gasteiger partial charge is 0.336 e. The summed E-state index contributed by atoms with van der Waals surface area (Å²) in [5.41, 5.74) is 1.28. The fraction of sp³-hybridized carbons (Fsp3) is 0.238. The van der Waals surface area contributed by atoms with E-state index in [2.05, 4.69) is 4.98 Å². The lowest BCUT2D eigenvalue weighted by molar-refractivity contribution is 0.0696. The number of piperazine rings is 1. The lowest BCUT2D eigenvalue weighted by atomic mass is 10.1. The van der Waals surface area contributed by atoms with Crippen LogP contribution in [0.1, 0.15) is 15.9 Å². The number of aryl methyl sites for hydroxylation is 1. The van der Waals surface area contributed by atoms with Gasteiger partial charge in [-0.15, -0.1) is 0 Å².